The lowest BCUT2D eigenvalue weighted by Gasteiger charge is -2.18. The van der Waals surface area contributed by atoms with E-state index in [1.807, 2.05) is 11.8 Å². The van der Waals surface area contributed by atoms with E-state index in [1.165, 1.54) is 0 Å². The fourth-order valence-corrected chi connectivity index (χ4v) is 3.06. The van der Waals surface area contributed by atoms with E-state index in [0.717, 1.165) is 71.3 Å². The molecule has 2 rings (SSSR count). The fraction of sp³-hybridized carbons (Fsp3) is 0.882. The van der Waals surface area contributed by atoms with Crippen LogP contribution in [0.2, 0.25) is 0 Å². The topological polar surface area (TPSA) is 75.2 Å². The first-order valence-corrected chi connectivity index (χ1v) is 9.13. The largest absolute Gasteiger partial charge is 0.381 e. The molecule has 1 amide bonds. The van der Waals surface area contributed by atoms with Crippen LogP contribution in [-0.2, 0) is 14.3 Å². The maximum atomic E-state index is 11.7. The van der Waals surface area contributed by atoms with Crippen molar-refractivity contribution in [2.75, 3.05) is 53.1 Å². The van der Waals surface area contributed by atoms with E-state index in [9.17, 15) is 4.79 Å². The minimum Gasteiger partial charge on any atom is -0.381 e. The molecular weight excluding hydrogens is 435 g/mol. The standard InChI is InChI=1S/C17H32N4O3.HI/c1-3-16(22)21-8-5-15(11-21)20-17(18-2)19-7-4-9-23-12-14-6-10-24-13-14;/h14-15H,3-13H2,1-2H3,(H2,18,19,20);1H. The van der Waals surface area contributed by atoms with Crippen LogP contribution in [0.25, 0.3) is 0 Å². The number of halogens is 1. The van der Waals surface area contributed by atoms with Crippen molar-refractivity contribution in [3.8, 4) is 0 Å². The highest BCUT2D eigenvalue weighted by Gasteiger charge is 2.25. The molecule has 2 atom stereocenters. The molecule has 2 fully saturated rings. The van der Waals surface area contributed by atoms with E-state index in [0.29, 0.717) is 12.3 Å². The Kier molecular flexibility index (Phi) is 11.4. The van der Waals surface area contributed by atoms with Gasteiger partial charge in [-0.3, -0.25) is 9.79 Å². The molecule has 2 aliphatic rings. The Labute approximate surface area is 168 Å². The summed E-state index contributed by atoms with van der Waals surface area (Å²) < 4.78 is 11.0. The zero-order valence-electron chi connectivity index (χ0n) is 15.5. The molecule has 2 heterocycles. The lowest BCUT2D eigenvalue weighted by atomic mass is 10.1. The van der Waals surface area contributed by atoms with Gasteiger partial charge in [0.2, 0.25) is 5.91 Å². The molecule has 0 bridgehead atoms. The predicted octanol–water partition coefficient (Wildman–Crippen LogP) is 1.22. The average molecular weight is 468 g/mol. The molecule has 0 radical (unpaired) electrons. The highest BCUT2D eigenvalue weighted by atomic mass is 127. The molecule has 146 valence electrons. The number of ether oxygens (including phenoxy) is 2. The van der Waals surface area contributed by atoms with Gasteiger partial charge in [-0.05, 0) is 19.3 Å². The Morgan fingerprint density at radius 3 is 2.92 bits per heavy atom. The highest BCUT2D eigenvalue weighted by molar-refractivity contribution is 14.0. The van der Waals surface area contributed by atoms with Gasteiger partial charge in [0.25, 0.3) is 0 Å². The number of guanidine groups is 1. The minimum absolute atomic E-state index is 0. The molecule has 8 heteroatoms. The number of likely N-dealkylation sites (tertiary alicyclic amines) is 1. The van der Waals surface area contributed by atoms with Gasteiger partial charge in [-0.15, -0.1) is 24.0 Å². The maximum absolute atomic E-state index is 11.7. The van der Waals surface area contributed by atoms with Crippen molar-refractivity contribution in [2.45, 2.75) is 38.6 Å². The van der Waals surface area contributed by atoms with Gasteiger partial charge in [0.05, 0.1) is 13.2 Å². The molecule has 0 aromatic carbocycles. The number of rotatable bonds is 8. The summed E-state index contributed by atoms with van der Waals surface area (Å²) in [4.78, 5) is 17.9. The molecule has 2 unspecified atom stereocenters. The van der Waals surface area contributed by atoms with Gasteiger partial charge in [0, 0.05) is 58.3 Å². The summed E-state index contributed by atoms with van der Waals surface area (Å²) in [5, 5.41) is 6.71. The van der Waals surface area contributed by atoms with Crippen molar-refractivity contribution in [1.29, 1.82) is 0 Å². The van der Waals surface area contributed by atoms with Crippen molar-refractivity contribution in [1.82, 2.24) is 15.5 Å². The molecule has 2 N–H and O–H groups in total. The van der Waals surface area contributed by atoms with E-state index >= 15 is 0 Å². The van der Waals surface area contributed by atoms with Gasteiger partial charge in [0.15, 0.2) is 5.96 Å². The summed E-state index contributed by atoms with van der Waals surface area (Å²) in [5.74, 6) is 1.60. The number of carbonyl (C=O) groups is 1. The summed E-state index contributed by atoms with van der Waals surface area (Å²) in [5.41, 5.74) is 0. The number of hydrogen-bond donors (Lipinski definition) is 2. The lowest BCUT2D eigenvalue weighted by Crippen LogP contribution is -2.45. The third-order valence-corrected chi connectivity index (χ3v) is 4.54. The normalized spacial score (nSPS) is 23.4. The molecular formula is C17H33IN4O3. The summed E-state index contributed by atoms with van der Waals surface area (Å²) in [6.07, 6.45) is 3.61. The summed E-state index contributed by atoms with van der Waals surface area (Å²) >= 11 is 0. The minimum atomic E-state index is 0. The van der Waals surface area contributed by atoms with Gasteiger partial charge in [-0.1, -0.05) is 6.92 Å². The first-order chi connectivity index (χ1) is 11.7. The van der Waals surface area contributed by atoms with Crippen molar-refractivity contribution >= 4 is 35.8 Å². The van der Waals surface area contributed by atoms with Crippen LogP contribution in [0.15, 0.2) is 4.99 Å². The fourth-order valence-electron chi connectivity index (χ4n) is 3.06. The van der Waals surface area contributed by atoms with Gasteiger partial charge in [-0.2, -0.15) is 0 Å². The first-order valence-electron chi connectivity index (χ1n) is 9.13. The van der Waals surface area contributed by atoms with Gasteiger partial charge in [0.1, 0.15) is 0 Å². The Hall–Kier alpha value is -0.610. The van der Waals surface area contributed by atoms with Crippen LogP contribution in [0.1, 0.15) is 32.6 Å². The first kappa shape index (κ1) is 22.4. The highest BCUT2D eigenvalue weighted by Crippen LogP contribution is 2.12. The second kappa shape index (κ2) is 12.7. The Balaban J connectivity index is 0.00000312. The maximum Gasteiger partial charge on any atom is 0.222 e. The van der Waals surface area contributed by atoms with Crippen LogP contribution in [0.3, 0.4) is 0 Å². The molecule has 7 nitrogen and oxygen atoms in total. The number of hydrogen-bond acceptors (Lipinski definition) is 4. The second-order valence-corrected chi connectivity index (χ2v) is 6.48. The Morgan fingerprint density at radius 1 is 1.40 bits per heavy atom. The summed E-state index contributed by atoms with van der Waals surface area (Å²) in [6.45, 7) is 7.60. The third kappa shape index (κ3) is 8.08. The molecule has 2 aliphatic heterocycles. The van der Waals surface area contributed by atoms with E-state index in [2.05, 4.69) is 15.6 Å². The van der Waals surface area contributed by atoms with Crippen LogP contribution in [-0.4, -0.2) is 75.9 Å². The van der Waals surface area contributed by atoms with Crippen LogP contribution in [0.5, 0.6) is 0 Å². The smallest absolute Gasteiger partial charge is 0.222 e. The molecule has 0 spiro atoms. The number of nitrogens with zero attached hydrogens (tertiary/aromatic N) is 2. The Bertz CT molecular complexity index is 417. The average Bonchev–Trinajstić information content (AvgIpc) is 3.27. The third-order valence-electron chi connectivity index (χ3n) is 4.54. The molecule has 0 saturated carbocycles. The second-order valence-electron chi connectivity index (χ2n) is 6.48. The molecule has 0 aromatic heterocycles. The van der Waals surface area contributed by atoms with Gasteiger partial charge < -0.3 is 25.0 Å². The predicted molar refractivity (Wildman–Crippen MR) is 110 cm³/mol. The van der Waals surface area contributed by atoms with Crippen LogP contribution < -0.4 is 10.6 Å². The van der Waals surface area contributed by atoms with Crippen LogP contribution in [0, 0.1) is 5.92 Å². The van der Waals surface area contributed by atoms with E-state index < -0.39 is 0 Å². The van der Waals surface area contributed by atoms with Crippen molar-refractivity contribution in [2.24, 2.45) is 10.9 Å². The zero-order chi connectivity index (χ0) is 17.2. The quantitative estimate of drug-likeness (QED) is 0.243. The van der Waals surface area contributed by atoms with Crippen molar-refractivity contribution in [3.05, 3.63) is 0 Å². The SMILES string of the molecule is CCC(=O)N1CCC(NC(=NC)NCCCOCC2CCOC2)C1.I. The van der Waals surface area contributed by atoms with Crippen molar-refractivity contribution < 1.29 is 14.3 Å². The van der Waals surface area contributed by atoms with Crippen LogP contribution in [0.4, 0.5) is 0 Å². The molecule has 25 heavy (non-hydrogen) atoms. The number of nitrogens with one attached hydrogen (secondary N) is 2. The zero-order valence-corrected chi connectivity index (χ0v) is 17.8. The van der Waals surface area contributed by atoms with E-state index in [1.54, 1.807) is 7.05 Å². The van der Waals surface area contributed by atoms with E-state index in [4.69, 9.17) is 9.47 Å². The molecule has 0 aromatic rings. The lowest BCUT2D eigenvalue weighted by molar-refractivity contribution is -0.129. The molecule has 0 aliphatic carbocycles. The van der Waals surface area contributed by atoms with E-state index in [-0.39, 0.29) is 35.9 Å². The number of amides is 1. The van der Waals surface area contributed by atoms with Gasteiger partial charge >= 0.3 is 0 Å². The van der Waals surface area contributed by atoms with Gasteiger partial charge in [-0.25, -0.2) is 0 Å². The summed E-state index contributed by atoms with van der Waals surface area (Å²) in [6, 6.07) is 0.283. The van der Waals surface area contributed by atoms with Crippen molar-refractivity contribution in [3.63, 3.8) is 0 Å². The van der Waals surface area contributed by atoms with Crippen LogP contribution >= 0.6 is 24.0 Å². The number of carbonyl (C=O) groups excluding carboxylic acids is 1. The monoisotopic (exact) mass is 468 g/mol. The summed E-state index contributed by atoms with van der Waals surface area (Å²) in [7, 11) is 1.77. The number of aliphatic imine (C=N–C) groups is 1. The Morgan fingerprint density at radius 2 is 2.24 bits per heavy atom. The molecule has 2 saturated heterocycles.